The Labute approximate surface area is 86.3 Å². The third kappa shape index (κ3) is 2.70. The van der Waals surface area contributed by atoms with Crippen molar-refractivity contribution >= 4 is 15.7 Å². The molecule has 15 heavy (non-hydrogen) atoms. The largest absolute Gasteiger partial charge is 0.287 e. The van der Waals surface area contributed by atoms with E-state index in [0.717, 1.165) is 18.3 Å². The van der Waals surface area contributed by atoms with Gasteiger partial charge in [-0.3, -0.25) is 10.1 Å². The molecular weight excluding hydrogens is 222 g/mol. The van der Waals surface area contributed by atoms with Crippen LogP contribution in [-0.2, 0) is 10.0 Å². The summed E-state index contributed by atoms with van der Waals surface area (Å²) in [5.41, 5.74) is -0.245. The van der Waals surface area contributed by atoms with E-state index in [1.54, 1.807) is 6.92 Å². The Kier molecular flexibility index (Phi) is 3.32. The van der Waals surface area contributed by atoms with Crippen LogP contribution in [0.4, 0.5) is 5.69 Å². The summed E-state index contributed by atoms with van der Waals surface area (Å²) in [6.07, 6.45) is 0.907. The lowest BCUT2D eigenvalue weighted by atomic mass is 10.4. The second-order valence-corrected chi connectivity index (χ2v) is 4.33. The zero-order valence-electron chi connectivity index (χ0n) is 7.87. The van der Waals surface area contributed by atoms with Gasteiger partial charge in [0.25, 0.3) is 15.7 Å². The van der Waals surface area contributed by atoms with Crippen molar-refractivity contribution < 1.29 is 13.3 Å². The summed E-state index contributed by atoms with van der Waals surface area (Å²) < 4.78 is 25.0. The summed E-state index contributed by atoms with van der Waals surface area (Å²) >= 11 is 0. The van der Waals surface area contributed by atoms with Crippen molar-refractivity contribution in [1.82, 2.24) is 9.71 Å². The Bertz CT molecular complexity index is 454. The van der Waals surface area contributed by atoms with E-state index < -0.39 is 14.9 Å². The Morgan fingerprint density at radius 1 is 1.53 bits per heavy atom. The lowest BCUT2D eigenvalue weighted by Gasteiger charge is -2.02. The molecule has 0 bridgehead atoms. The maximum Gasteiger partial charge on any atom is 0.287 e. The predicted octanol–water partition coefficient (Wildman–Crippen LogP) is 0.288. The van der Waals surface area contributed by atoms with Gasteiger partial charge in [0.15, 0.2) is 5.03 Å². The normalized spacial score (nSPS) is 11.3. The van der Waals surface area contributed by atoms with Crippen LogP contribution >= 0.6 is 0 Å². The molecule has 7 nitrogen and oxygen atoms in total. The molecule has 0 saturated carbocycles. The molecule has 1 aromatic rings. The van der Waals surface area contributed by atoms with E-state index in [1.165, 1.54) is 0 Å². The van der Waals surface area contributed by atoms with Crippen LogP contribution in [0.1, 0.15) is 6.92 Å². The highest BCUT2D eigenvalue weighted by Gasteiger charge is 2.15. The van der Waals surface area contributed by atoms with Crippen LogP contribution in [0, 0.1) is 10.1 Å². The van der Waals surface area contributed by atoms with Crippen LogP contribution in [0.15, 0.2) is 23.4 Å². The van der Waals surface area contributed by atoms with E-state index in [4.69, 9.17) is 0 Å². The summed E-state index contributed by atoms with van der Waals surface area (Å²) in [5.74, 6) is 0. The van der Waals surface area contributed by atoms with Crippen molar-refractivity contribution in [2.24, 2.45) is 0 Å². The SMILES string of the molecule is CCNS(=O)(=O)c1ccc([N+](=O)[O-])cn1. The minimum atomic E-state index is -3.64. The Hall–Kier alpha value is -1.54. The number of pyridine rings is 1. The van der Waals surface area contributed by atoms with Crippen molar-refractivity contribution in [3.05, 3.63) is 28.4 Å². The first kappa shape index (κ1) is 11.5. The van der Waals surface area contributed by atoms with E-state index in [9.17, 15) is 18.5 Å². The maximum absolute atomic E-state index is 11.4. The molecule has 0 aliphatic carbocycles. The number of aromatic nitrogens is 1. The summed E-state index contributed by atoms with van der Waals surface area (Å²) in [5, 5.41) is 10.1. The van der Waals surface area contributed by atoms with E-state index >= 15 is 0 Å². The van der Waals surface area contributed by atoms with Gasteiger partial charge in [-0.05, 0) is 6.07 Å². The lowest BCUT2D eigenvalue weighted by molar-refractivity contribution is -0.385. The zero-order chi connectivity index (χ0) is 11.5. The van der Waals surface area contributed by atoms with Crippen LogP contribution in [-0.4, -0.2) is 24.9 Å². The number of nitrogens with one attached hydrogen (secondary N) is 1. The average Bonchev–Trinajstić information content (AvgIpc) is 2.18. The summed E-state index contributed by atoms with van der Waals surface area (Å²) in [4.78, 5) is 13.1. The van der Waals surface area contributed by atoms with Crippen molar-refractivity contribution in [3.8, 4) is 0 Å². The second kappa shape index (κ2) is 4.32. The number of hydrogen-bond acceptors (Lipinski definition) is 5. The first-order valence-corrected chi connectivity index (χ1v) is 5.56. The Morgan fingerprint density at radius 3 is 2.60 bits per heavy atom. The van der Waals surface area contributed by atoms with Crippen molar-refractivity contribution in [2.75, 3.05) is 6.54 Å². The molecule has 0 aliphatic heterocycles. The maximum atomic E-state index is 11.4. The topological polar surface area (TPSA) is 102 Å². The van der Waals surface area contributed by atoms with Gasteiger partial charge in [0, 0.05) is 12.6 Å². The smallest absolute Gasteiger partial charge is 0.258 e. The molecule has 0 unspecified atom stereocenters. The molecule has 0 aliphatic rings. The van der Waals surface area contributed by atoms with Crippen LogP contribution < -0.4 is 4.72 Å². The molecule has 1 heterocycles. The summed E-state index contributed by atoms with van der Waals surface area (Å²) in [7, 11) is -3.64. The highest BCUT2D eigenvalue weighted by Crippen LogP contribution is 2.11. The highest BCUT2D eigenvalue weighted by atomic mass is 32.2. The molecule has 1 aromatic heterocycles. The predicted molar refractivity (Wildman–Crippen MR) is 51.8 cm³/mol. The van der Waals surface area contributed by atoms with Gasteiger partial charge in [-0.1, -0.05) is 6.92 Å². The van der Waals surface area contributed by atoms with Crippen LogP contribution in [0.25, 0.3) is 0 Å². The monoisotopic (exact) mass is 231 g/mol. The van der Waals surface area contributed by atoms with Crippen molar-refractivity contribution in [1.29, 1.82) is 0 Å². The number of sulfonamides is 1. The molecule has 1 N–H and O–H groups in total. The molecule has 0 saturated heterocycles. The lowest BCUT2D eigenvalue weighted by Crippen LogP contribution is -2.23. The van der Waals surface area contributed by atoms with Gasteiger partial charge in [-0.25, -0.2) is 18.1 Å². The molecule has 82 valence electrons. The van der Waals surface area contributed by atoms with Gasteiger partial charge in [-0.15, -0.1) is 0 Å². The first-order chi connectivity index (χ1) is 6.97. The number of nitro groups is 1. The number of hydrogen-bond donors (Lipinski definition) is 1. The van der Waals surface area contributed by atoms with Gasteiger partial charge in [0.05, 0.1) is 4.92 Å². The molecule has 0 fully saturated rings. The van der Waals surface area contributed by atoms with Crippen LogP contribution in [0.3, 0.4) is 0 Å². The molecule has 0 aromatic carbocycles. The Balaban J connectivity index is 3.04. The summed E-state index contributed by atoms with van der Waals surface area (Å²) in [6.45, 7) is 1.87. The van der Waals surface area contributed by atoms with E-state index in [0.29, 0.717) is 0 Å². The van der Waals surface area contributed by atoms with Gasteiger partial charge < -0.3 is 0 Å². The molecule has 0 spiro atoms. The summed E-state index contributed by atoms with van der Waals surface area (Å²) in [6, 6.07) is 2.19. The fourth-order valence-electron chi connectivity index (χ4n) is 0.903. The minimum absolute atomic E-state index is 0.227. The molecule has 0 radical (unpaired) electrons. The zero-order valence-corrected chi connectivity index (χ0v) is 8.69. The first-order valence-electron chi connectivity index (χ1n) is 4.07. The van der Waals surface area contributed by atoms with Gasteiger partial charge in [-0.2, -0.15) is 0 Å². The minimum Gasteiger partial charge on any atom is -0.258 e. The average molecular weight is 231 g/mol. The van der Waals surface area contributed by atoms with Crippen molar-refractivity contribution in [3.63, 3.8) is 0 Å². The van der Waals surface area contributed by atoms with Gasteiger partial charge >= 0.3 is 0 Å². The molecule has 0 atom stereocenters. The van der Waals surface area contributed by atoms with E-state index in [1.807, 2.05) is 0 Å². The molecule has 8 heteroatoms. The molecule has 0 amide bonds. The molecular formula is C7H9N3O4S. The third-order valence-electron chi connectivity index (χ3n) is 1.54. The van der Waals surface area contributed by atoms with Crippen molar-refractivity contribution in [2.45, 2.75) is 11.9 Å². The number of nitrogens with zero attached hydrogens (tertiary/aromatic N) is 2. The quantitative estimate of drug-likeness (QED) is 0.592. The van der Waals surface area contributed by atoms with E-state index in [2.05, 4.69) is 9.71 Å². The fourth-order valence-corrected chi connectivity index (χ4v) is 1.87. The van der Waals surface area contributed by atoms with E-state index in [-0.39, 0.29) is 17.3 Å². The Morgan fingerprint density at radius 2 is 2.20 bits per heavy atom. The highest BCUT2D eigenvalue weighted by molar-refractivity contribution is 7.89. The van der Waals surface area contributed by atoms with Gasteiger partial charge in [0.2, 0.25) is 0 Å². The standard InChI is InChI=1S/C7H9N3O4S/c1-2-9-15(13,14)7-4-3-6(5-8-7)10(11)12/h3-5,9H,2H2,1H3. The number of rotatable bonds is 4. The fraction of sp³-hybridized carbons (Fsp3) is 0.286. The van der Waals surface area contributed by atoms with Gasteiger partial charge in [0.1, 0.15) is 6.20 Å². The van der Waals surface area contributed by atoms with Crippen LogP contribution in [0.2, 0.25) is 0 Å². The third-order valence-corrected chi connectivity index (χ3v) is 3.00. The molecule has 1 rings (SSSR count). The second-order valence-electron chi connectivity index (χ2n) is 2.61. The van der Waals surface area contributed by atoms with Crippen LogP contribution in [0.5, 0.6) is 0 Å².